The molecular weight excluding hydrogens is 260 g/mol. The summed E-state index contributed by atoms with van der Waals surface area (Å²) in [6.45, 7) is 18.2. The van der Waals surface area contributed by atoms with E-state index in [4.69, 9.17) is 23.7 Å². The standard InChI is InChI=1S/C17H10N4/c1-10-5-12-13(6-11(10)2)15(17(9-19)21-4)7-14(12)16(8-18)20-3/h5-6H,7H2,1-2H3. The molecule has 0 saturated carbocycles. The van der Waals surface area contributed by atoms with Crippen molar-refractivity contribution in [3.8, 4) is 12.1 Å². The summed E-state index contributed by atoms with van der Waals surface area (Å²) in [5.41, 5.74) is 4.95. The fraction of sp³-hybridized carbons (Fsp3) is 0.176. The molecule has 4 nitrogen and oxygen atoms in total. The lowest BCUT2D eigenvalue weighted by Gasteiger charge is -2.07. The van der Waals surface area contributed by atoms with Crippen molar-refractivity contribution < 1.29 is 0 Å². The molecular formula is C17H10N4. The van der Waals surface area contributed by atoms with Crippen LogP contribution < -0.4 is 0 Å². The summed E-state index contributed by atoms with van der Waals surface area (Å²) in [5.74, 6) is 0. The first-order valence-corrected chi connectivity index (χ1v) is 6.20. The molecule has 0 fully saturated rings. The Bertz CT molecular complexity index is 767. The van der Waals surface area contributed by atoms with Crippen LogP contribution in [0, 0.1) is 49.7 Å². The van der Waals surface area contributed by atoms with Gasteiger partial charge in [-0.05, 0) is 53.7 Å². The minimum Gasteiger partial charge on any atom is -0.226 e. The molecule has 21 heavy (non-hydrogen) atoms. The molecule has 2 rings (SSSR count). The zero-order valence-electron chi connectivity index (χ0n) is 11.7. The Morgan fingerprint density at radius 2 is 1.33 bits per heavy atom. The van der Waals surface area contributed by atoms with Crippen molar-refractivity contribution in [2.75, 3.05) is 0 Å². The predicted molar refractivity (Wildman–Crippen MR) is 78.8 cm³/mol. The fourth-order valence-corrected chi connectivity index (χ4v) is 2.43. The van der Waals surface area contributed by atoms with Crippen molar-refractivity contribution in [1.82, 2.24) is 0 Å². The van der Waals surface area contributed by atoms with Crippen LogP contribution in [0.4, 0.5) is 0 Å². The maximum Gasteiger partial charge on any atom is 0.265 e. The molecule has 0 aromatic heterocycles. The van der Waals surface area contributed by atoms with Crippen LogP contribution in [0.25, 0.3) is 20.8 Å². The van der Waals surface area contributed by atoms with Crippen LogP contribution in [0.5, 0.6) is 0 Å². The number of aryl methyl sites for hydroxylation is 2. The first-order chi connectivity index (χ1) is 10.1. The number of fused-ring (bicyclic) bond motifs is 1. The lowest BCUT2D eigenvalue weighted by molar-refractivity contribution is 1.32. The van der Waals surface area contributed by atoms with E-state index in [9.17, 15) is 0 Å². The predicted octanol–water partition coefficient (Wildman–Crippen LogP) is 4.02. The Morgan fingerprint density at radius 3 is 1.62 bits per heavy atom. The zero-order chi connectivity index (χ0) is 15.6. The van der Waals surface area contributed by atoms with Gasteiger partial charge < -0.3 is 0 Å². The average molecular weight is 270 g/mol. The van der Waals surface area contributed by atoms with Gasteiger partial charge in [0.1, 0.15) is 0 Å². The molecule has 0 atom stereocenters. The smallest absolute Gasteiger partial charge is 0.226 e. The number of hydrogen-bond acceptors (Lipinski definition) is 2. The molecule has 1 aromatic carbocycles. The number of nitrogens with zero attached hydrogens (tertiary/aromatic N) is 4. The van der Waals surface area contributed by atoms with Crippen LogP contribution in [0.2, 0.25) is 0 Å². The first-order valence-electron chi connectivity index (χ1n) is 6.20. The van der Waals surface area contributed by atoms with Crippen molar-refractivity contribution in [3.05, 3.63) is 68.6 Å². The molecule has 0 aliphatic heterocycles. The van der Waals surface area contributed by atoms with E-state index in [2.05, 4.69) is 9.69 Å². The summed E-state index contributed by atoms with van der Waals surface area (Å²) in [7, 11) is 0. The highest BCUT2D eigenvalue weighted by Crippen LogP contribution is 2.45. The van der Waals surface area contributed by atoms with Gasteiger partial charge in [-0.1, -0.05) is 12.1 Å². The molecule has 0 heterocycles. The van der Waals surface area contributed by atoms with E-state index in [1.165, 1.54) is 0 Å². The van der Waals surface area contributed by atoms with Gasteiger partial charge in [0.15, 0.2) is 0 Å². The summed E-state index contributed by atoms with van der Waals surface area (Å²) >= 11 is 0. The van der Waals surface area contributed by atoms with Crippen LogP contribution in [-0.4, -0.2) is 0 Å². The van der Waals surface area contributed by atoms with Crippen molar-refractivity contribution in [2.24, 2.45) is 0 Å². The fourth-order valence-electron chi connectivity index (χ4n) is 2.43. The van der Waals surface area contributed by atoms with E-state index in [0.29, 0.717) is 11.1 Å². The van der Waals surface area contributed by atoms with Gasteiger partial charge in [0.2, 0.25) is 0 Å². The van der Waals surface area contributed by atoms with Gasteiger partial charge in [0, 0.05) is 0 Å². The third-order valence-corrected chi connectivity index (χ3v) is 3.64. The number of hydrogen-bond donors (Lipinski definition) is 0. The highest BCUT2D eigenvalue weighted by molar-refractivity contribution is 5.97. The van der Waals surface area contributed by atoms with Crippen molar-refractivity contribution in [1.29, 1.82) is 10.5 Å². The van der Waals surface area contributed by atoms with Crippen molar-refractivity contribution in [3.63, 3.8) is 0 Å². The summed E-state index contributed by atoms with van der Waals surface area (Å²) in [4.78, 5) is 6.54. The second kappa shape index (κ2) is 5.34. The zero-order valence-corrected chi connectivity index (χ0v) is 11.7. The van der Waals surface area contributed by atoms with E-state index < -0.39 is 0 Å². The molecule has 98 valence electrons. The van der Waals surface area contributed by atoms with Crippen LogP contribution >= 0.6 is 0 Å². The molecule has 0 bridgehead atoms. The Kier molecular flexibility index (Phi) is 3.58. The lowest BCUT2D eigenvalue weighted by Crippen LogP contribution is -1.89. The average Bonchev–Trinajstić information content (AvgIpc) is 2.82. The van der Waals surface area contributed by atoms with Gasteiger partial charge in [-0.3, -0.25) is 0 Å². The molecule has 0 saturated heterocycles. The number of allylic oxidation sites excluding steroid dienone is 4. The summed E-state index contributed by atoms with van der Waals surface area (Å²) in [6, 6.07) is 7.66. The van der Waals surface area contributed by atoms with Gasteiger partial charge in [-0.15, -0.1) is 0 Å². The van der Waals surface area contributed by atoms with E-state index in [1.54, 1.807) is 0 Å². The van der Waals surface area contributed by atoms with Gasteiger partial charge >= 0.3 is 0 Å². The Hall–Kier alpha value is -3.34. The molecule has 4 heteroatoms. The topological polar surface area (TPSA) is 56.3 Å². The van der Waals surface area contributed by atoms with Crippen LogP contribution in [0.15, 0.2) is 23.5 Å². The van der Waals surface area contributed by atoms with E-state index >= 15 is 0 Å². The maximum atomic E-state index is 9.11. The quantitative estimate of drug-likeness (QED) is 0.528. The highest BCUT2D eigenvalue weighted by atomic mass is 14.7. The lowest BCUT2D eigenvalue weighted by atomic mass is 9.98. The SMILES string of the molecule is [C-]#[N+]C(C#N)=C1CC(=C(C#N)[N+]#[C-])c2cc(C)c(C)cc21. The van der Waals surface area contributed by atoms with Gasteiger partial charge in [0.05, 0.1) is 25.3 Å². The van der Waals surface area contributed by atoms with E-state index in [1.807, 2.05) is 38.1 Å². The summed E-state index contributed by atoms with van der Waals surface area (Å²) in [6.07, 6.45) is 0.286. The number of nitriles is 2. The molecule has 0 unspecified atom stereocenters. The molecule has 0 N–H and O–H groups in total. The minimum absolute atomic E-state index is 0.0248. The molecule has 1 aromatic rings. The van der Waals surface area contributed by atoms with E-state index in [-0.39, 0.29) is 17.8 Å². The second-order valence-corrected chi connectivity index (χ2v) is 4.76. The first kappa shape index (κ1) is 14.1. The van der Waals surface area contributed by atoms with Gasteiger partial charge in [-0.2, -0.15) is 0 Å². The van der Waals surface area contributed by atoms with E-state index in [0.717, 1.165) is 22.3 Å². The highest BCUT2D eigenvalue weighted by Gasteiger charge is 2.27. The summed E-state index contributed by atoms with van der Waals surface area (Å²) < 4.78 is 0. The Labute approximate surface area is 123 Å². The molecule has 0 amide bonds. The molecule has 0 radical (unpaired) electrons. The van der Waals surface area contributed by atoms with Gasteiger partial charge in [0.25, 0.3) is 11.4 Å². The van der Waals surface area contributed by atoms with Crippen LogP contribution in [-0.2, 0) is 0 Å². The number of benzene rings is 1. The van der Waals surface area contributed by atoms with Crippen molar-refractivity contribution >= 4 is 11.1 Å². The van der Waals surface area contributed by atoms with Crippen LogP contribution in [0.3, 0.4) is 0 Å². The summed E-state index contributed by atoms with van der Waals surface area (Å²) in [5, 5.41) is 18.2. The molecule has 0 spiro atoms. The largest absolute Gasteiger partial charge is 0.265 e. The van der Waals surface area contributed by atoms with Crippen LogP contribution in [0.1, 0.15) is 28.7 Å². The second-order valence-electron chi connectivity index (χ2n) is 4.76. The Balaban J connectivity index is 2.91. The number of rotatable bonds is 0. The van der Waals surface area contributed by atoms with Gasteiger partial charge in [-0.25, -0.2) is 20.2 Å². The molecule has 1 aliphatic rings. The molecule has 1 aliphatic carbocycles. The normalized spacial score (nSPS) is 16.9. The monoisotopic (exact) mass is 270 g/mol. The maximum absolute atomic E-state index is 9.11. The van der Waals surface area contributed by atoms with Crippen molar-refractivity contribution in [2.45, 2.75) is 20.3 Å². The third kappa shape index (κ3) is 2.17. The minimum atomic E-state index is 0.0248. The Morgan fingerprint density at radius 1 is 0.952 bits per heavy atom. The third-order valence-electron chi connectivity index (χ3n) is 3.64.